The van der Waals surface area contributed by atoms with E-state index in [4.69, 9.17) is 16.2 Å². The van der Waals surface area contributed by atoms with Gasteiger partial charge in [-0.25, -0.2) is 0 Å². The second-order valence-electron chi connectivity index (χ2n) is 4.78. The highest BCUT2D eigenvalue weighted by atomic mass is 16.5. The van der Waals surface area contributed by atoms with Crippen LogP contribution < -0.4 is 21.1 Å². The van der Waals surface area contributed by atoms with Gasteiger partial charge in [0.2, 0.25) is 0 Å². The number of nitrogens with zero attached hydrogens (tertiary/aromatic N) is 1. The summed E-state index contributed by atoms with van der Waals surface area (Å²) in [7, 11) is 3.50. The number of carbonyl (C=O) groups is 1. The van der Waals surface area contributed by atoms with E-state index in [1.807, 2.05) is 36.2 Å². The SMILES string of the molecule is COc1ccccc1CN(C)c1c(N)cccc1C(N)=O. The molecule has 0 radical (unpaired) electrons. The molecular weight excluding hydrogens is 266 g/mol. The fraction of sp³-hybridized carbons (Fsp3) is 0.188. The number of benzene rings is 2. The number of ether oxygens (including phenoxy) is 1. The molecule has 0 aliphatic carbocycles. The maximum Gasteiger partial charge on any atom is 0.250 e. The first kappa shape index (κ1) is 14.7. The fourth-order valence-electron chi connectivity index (χ4n) is 2.35. The topological polar surface area (TPSA) is 81.6 Å². The predicted octanol–water partition coefficient (Wildman–Crippen LogP) is 2.01. The number of nitrogens with two attached hydrogens (primary N) is 2. The van der Waals surface area contributed by atoms with Crippen LogP contribution in [0.15, 0.2) is 42.5 Å². The van der Waals surface area contributed by atoms with Crippen LogP contribution in [-0.4, -0.2) is 20.1 Å². The van der Waals surface area contributed by atoms with Crippen LogP contribution in [0, 0.1) is 0 Å². The van der Waals surface area contributed by atoms with Crippen LogP contribution in [0.1, 0.15) is 15.9 Å². The van der Waals surface area contributed by atoms with Gasteiger partial charge >= 0.3 is 0 Å². The highest BCUT2D eigenvalue weighted by Crippen LogP contribution is 2.29. The Kier molecular flexibility index (Phi) is 4.33. The van der Waals surface area contributed by atoms with Crippen molar-refractivity contribution in [3.63, 3.8) is 0 Å². The Labute approximate surface area is 124 Å². The molecule has 110 valence electrons. The maximum atomic E-state index is 11.6. The fourth-order valence-corrected chi connectivity index (χ4v) is 2.35. The maximum absolute atomic E-state index is 11.6. The smallest absolute Gasteiger partial charge is 0.250 e. The summed E-state index contributed by atoms with van der Waals surface area (Å²) in [6, 6.07) is 12.9. The molecule has 0 aromatic heterocycles. The molecule has 0 aliphatic rings. The second-order valence-corrected chi connectivity index (χ2v) is 4.78. The minimum atomic E-state index is -0.496. The minimum Gasteiger partial charge on any atom is -0.496 e. The van der Waals surface area contributed by atoms with E-state index >= 15 is 0 Å². The lowest BCUT2D eigenvalue weighted by Gasteiger charge is -2.24. The molecule has 0 unspecified atom stereocenters. The number of primary amides is 1. The van der Waals surface area contributed by atoms with Crippen LogP contribution in [0.25, 0.3) is 0 Å². The van der Waals surface area contributed by atoms with E-state index in [9.17, 15) is 4.79 Å². The Morgan fingerprint density at radius 1 is 1.19 bits per heavy atom. The van der Waals surface area contributed by atoms with Crippen molar-refractivity contribution in [2.24, 2.45) is 5.73 Å². The van der Waals surface area contributed by atoms with Crippen molar-refractivity contribution in [1.29, 1.82) is 0 Å². The Morgan fingerprint density at radius 2 is 1.90 bits per heavy atom. The van der Waals surface area contributed by atoms with Gasteiger partial charge in [-0.3, -0.25) is 4.79 Å². The number of carbonyl (C=O) groups excluding carboxylic acids is 1. The lowest BCUT2D eigenvalue weighted by atomic mass is 10.1. The van der Waals surface area contributed by atoms with Gasteiger partial charge in [0.25, 0.3) is 5.91 Å². The Morgan fingerprint density at radius 3 is 2.57 bits per heavy atom. The van der Waals surface area contributed by atoms with Crippen LogP contribution in [0.3, 0.4) is 0 Å². The molecular formula is C16H19N3O2. The number of hydrogen-bond acceptors (Lipinski definition) is 4. The molecule has 0 spiro atoms. The lowest BCUT2D eigenvalue weighted by Crippen LogP contribution is -2.23. The van der Waals surface area contributed by atoms with E-state index in [1.165, 1.54) is 0 Å². The van der Waals surface area contributed by atoms with Gasteiger partial charge in [0.15, 0.2) is 0 Å². The molecule has 5 nitrogen and oxygen atoms in total. The molecule has 21 heavy (non-hydrogen) atoms. The summed E-state index contributed by atoms with van der Waals surface area (Å²) in [6.07, 6.45) is 0. The number of anilines is 2. The van der Waals surface area contributed by atoms with Crippen LogP contribution in [0.2, 0.25) is 0 Å². The normalized spacial score (nSPS) is 10.2. The van der Waals surface area contributed by atoms with Crippen LogP contribution >= 0.6 is 0 Å². The van der Waals surface area contributed by atoms with Gasteiger partial charge in [-0.15, -0.1) is 0 Å². The molecule has 2 aromatic carbocycles. The van der Waals surface area contributed by atoms with E-state index in [2.05, 4.69) is 0 Å². The summed E-state index contributed by atoms with van der Waals surface area (Å²) in [5.41, 5.74) is 14.0. The predicted molar refractivity (Wildman–Crippen MR) is 84.5 cm³/mol. The first-order chi connectivity index (χ1) is 10.0. The molecule has 4 N–H and O–H groups in total. The molecule has 5 heteroatoms. The molecule has 0 heterocycles. The minimum absolute atomic E-state index is 0.410. The zero-order chi connectivity index (χ0) is 15.4. The van der Waals surface area contributed by atoms with Gasteiger partial charge < -0.3 is 21.1 Å². The van der Waals surface area contributed by atoms with Crippen molar-refractivity contribution in [2.45, 2.75) is 6.54 Å². The van der Waals surface area contributed by atoms with Gasteiger partial charge in [-0.2, -0.15) is 0 Å². The van der Waals surface area contributed by atoms with Crippen molar-refractivity contribution in [3.05, 3.63) is 53.6 Å². The number of hydrogen-bond donors (Lipinski definition) is 2. The summed E-state index contributed by atoms with van der Waals surface area (Å²) in [4.78, 5) is 13.5. The lowest BCUT2D eigenvalue weighted by molar-refractivity contribution is 0.100. The largest absolute Gasteiger partial charge is 0.496 e. The van der Waals surface area contributed by atoms with Crippen molar-refractivity contribution in [2.75, 3.05) is 24.8 Å². The zero-order valence-corrected chi connectivity index (χ0v) is 12.2. The van der Waals surface area contributed by atoms with Gasteiger partial charge in [0, 0.05) is 19.2 Å². The highest BCUT2D eigenvalue weighted by molar-refractivity contribution is 6.01. The van der Waals surface area contributed by atoms with Crippen LogP contribution in [-0.2, 0) is 6.54 Å². The standard InChI is InChI=1S/C16H19N3O2/c1-19(10-11-6-3-4-9-14(11)21-2)15-12(16(18)20)7-5-8-13(15)17/h3-9H,10,17H2,1-2H3,(H2,18,20). The van der Waals surface area contributed by atoms with Gasteiger partial charge in [0.05, 0.1) is 24.0 Å². The monoisotopic (exact) mass is 285 g/mol. The molecule has 0 saturated carbocycles. The van der Waals surface area contributed by atoms with Gasteiger partial charge in [0.1, 0.15) is 5.75 Å². The van der Waals surface area contributed by atoms with E-state index in [0.717, 1.165) is 11.3 Å². The summed E-state index contributed by atoms with van der Waals surface area (Å²) in [5.74, 6) is 0.295. The number of amides is 1. The molecule has 2 aromatic rings. The first-order valence-electron chi connectivity index (χ1n) is 6.56. The van der Waals surface area contributed by atoms with Crippen LogP contribution in [0.4, 0.5) is 11.4 Å². The average molecular weight is 285 g/mol. The van der Waals surface area contributed by atoms with E-state index in [0.29, 0.717) is 23.5 Å². The third kappa shape index (κ3) is 3.08. The third-order valence-electron chi connectivity index (χ3n) is 3.31. The molecule has 0 bridgehead atoms. The molecule has 0 fully saturated rings. The van der Waals surface area contributed by atoms with Gasteiger partial charge in [-0.1, -0.05) is 24.3 Å². The molecule has 0 atom stereocenters. The Balaban J connectivity index is 2.37. The van der Waals surface area contributed by atoms with E-state index < -0.39 is 5.91 Å². The number of rotatable bonds is 5. The Hall–Kier alpha value is -2.69. The summed E-state index contributed by atoms with van der Waals surface area (Å²) in [6.45, 7) is 0.554. The molecule has 2 rings (SSSR count). The summed E-state index contributed by atoms with van der Waals surface area (Å²) >= 11 is 0. The molecule has 0 aliphatic heterocycles. The van der Waals surface area contributed by atoms with Gasteiger partial charge in [-0.05, 0) is 18.2 Å². The second kappa shape index (κ2) is 6.17. The van der Waals surface area contributed by atoms with E-state index in [1.54, 1.807) is 25.3 Å². The van der Waals surface area contributed by atoms with Crippen LogP contribution in [0.5, 0.6) is 5.75 Å². The third-order valence-corrected chi connectivity index (χ3v) is 3.31. The highest BCUT2D eigenvalue weighted by Gasteiger charge is 2.16. The van der Waals surface area contributed by atoms with E-state index in [-0.39, 0.29) is 0 Å². The van der Waals surface area contributed by atoms with Crippen molar-refractivity contribution in [3.8, 4) is 5.75 Å². The first-order valence-corrected chi connectivity index (χ1v) is 6.56. The zero-order valence-electron chi connectivity index (χ0n) is 12.2. The number of methoxy groups -OCH3 is 1. The number of nitrogen functional groups attached to an aromatic ring is 1. The Bertz CT molecular complexity index is 656. The summed E-state index contributed by atoms with van der Waals surface area (Å²) in [5, 5.41) is 0. The quantitative estimate of drug-likeness (QED) is 0.823. The average Bonchev–Trinajstić information content (AvgIpc) is 2.47. The van der Waals surface area contributed by atoms with Crippen molar-refractivity contribution < 1.29 is 9.53 Å². The summed E-state index contributed by atoms with van der Waals surface area (Å²) < 4.78 is 5.34. The van der Waals surface area contributed by atoms with Crippen molar-refractivity contribution in [1.82, 2.24) is 0 Å². The molecule has 0 saturated heterocycles. The molecule has 1 amide bonds. The number of para-hydroxylation sites is 2. The van der Waals surface area contributed by atoms with Crippen molar-refractivity contribution >= 4 is 17.3 Å².